The number of carbonyl (C=O) groups is 1. The Kier molecular flexibility index (Phi) is 8.09. The van der Waals surface area contributed by atoms with E-state index in [1.807, 2.05) is 38.1 Å². The Hall–Kier alpha value is -3.17. The molecule has 2 aromatic heterocycles. The third-order valence-corrected chi connectivity index (χ3v) is 8.67. The number of amides is 1. The summed E-state index contributed by atoms with van der Waals surface area (Å²) < 4.78 is 0. The van der Waals surface area contributed by atoms with Crippen molar-refractivity contribution in [2.24, 2.45) is 0 Å². The molecular formula is C29H39ClN8O. The Morgan fingerprint density at radius 3 is 2.62 bits per heavy atom. The third-order valence-electron chi connectivity index (χ3n) is 8.28. The second-order valence-electron chi connectivity index (χ2n) is 10.3. The molecule has 208 valence electrons. The van der Waals surface area contributed by atoms with Crippen molar-refractivity contribution in [3.8, 4) is 0 Å². The molecule has 1 atom stereocenters. The number of halogens is 1. The molecule has 2 aliphatic heterocycles. The Balaban J connectivity index is 0.00000151. The summed E-state index contributed by atoms with van der Waals surface area (Å²) in [5, 5.41) is 12.6. The van der Waals surface area contributed by atoms with Crippen LogP contribution in [-0.4, -0.2) is 83.3 Å². The molecular weight excluding hydrogens is 512 g/mol. The number of benzene rings is 1. The largest absolute Gasteiger partial charge is 0.353 e. The number of hydrogen-bond acceptors (Lipinski definition) is 7. The van der Waals surface area contributed by atoms with Crippen LogP contribution in [0, 0.1) is 6.92 Å². The summed E-state index contributed by atoms with van der Waals surface area (Å²) in [6, 6.07) is 2.43. The molecule has 0 radical (unpaired) electrons. The zero-order valence-corrected chi connectivity index (χ0v) is 24.2. The van der Waals surface area contributed by atoms with Crippen molar-refractivity contribution in [3.05, 3.63) is 52.3 Å². The minimum atomic E-state index is -0.00552. The minimum absolute atomic E-state index is 0.00552. The van der Waals surface area contributed by atoms with E-state index in [4.69, 9.17) is 21.6 Å². The maximum Gasteiger partial charge on any atom is 0.246 e. The van der Waals surface area contributed by atoms with Gasteiger partial charge in [-0.15, -0.1) is 0 Å². The maximum atomic E-state index is 12.1. The summed E-state index contributed by atoms with van der Waals surface area (Å²) in [5.74, 6) is 2.15. The summed E-state index contributed by atoms with van der Waals surface area (Å²) >= 11 is 6.63. The number of fused-ring (bicyclic) bond motifs is 2. The fourth-order valence-electron chi connectivity index (χ4n) is 6.04. The Morgan fingerprint density at radius 2 is 1.92 bits per heavy atom. The summed E-state index contributed by atoms with van der Waals surface area (Å²) in [7, 11) is 2.00. The molecule has 3 aliphatic rings. The average Bonchev–Trinajstić information content (AvgIpc) is 3.41. The Bertz CT molecular complexity index is 1360. The van der Waals surface area contributed by atoms with Crippen LogP contribution in [0.15, 0.2) is 24.9 Å². The van der Waals surface area contributed by atoms with Crippen LogP contribution in [0.4, 0.5) is 11.8 Å². The van der Waals surface area contributed by atoms with Gasteiger partial charge >= 0.3 is 0 Å². The molecule has 3 aromatic rings. The van der Waals surface area contributed by atoms with Crippen LogP contribution in [0.1, 0.15) is 48.6 Å². The number of hydrogen-bond donors (Lipinski definition) is 2. The zero-order chi connectivity index (χ0) is 27.7. The van der Waals surface area contributed by atoms with Crippen molar-refractivity contribution in [2.75, 3.05) is 56.1 Å². The third kappa shape index (κ3) is 5.10. The van der Waals surface area contributed by atoms with Crippen LogP contribution in [0.25, 0.3) is 10.9 Å². The molecule has 9 nitrogen and oxygen atoms in total. The average molecular weight is 551 g/mol. The number of aromatic amines is 1. The Labute approximate surface area is 235 Å². The predicted molar refractivity (Wildman–Crippen MR) is 158 cm³/mol. The predicted octanol–water partition coefficient (Wildman–Crippen LogP) is 3.86. The number of piperazine rings is 1. The van der Waals surface area contributed by atoms with Crippen LogP contribution in [0.5, 0.6) is 0 Å². The molecule has 1 unspecified atom stereocenters. The molecule has 2 N–H and O–H groups in total. The topological polar surface area (TPSA) is 93.3 Å². The van der Waals surface area contributed by atoms with E-state index in [1.165, 1.54) is 17.2 Å². The molecule has 1 amide bonds. The highest BCUT2D eigenvalue weighted by atomic mass is 35.5. The van der Waals surface area contributed by atoms with E-state index >= 15 is 0 Å². The number of nitrogens with one attached hydrogen (secondary N) is 2. The smallest absolute Gasteiger partial charge is 0.246 e. The minimum Gasteiger partial charge on any atom is -0.353 e. The lowest BCUT2D eigenvalue weighted by atomic mass is 9.79. The standard InChI is InChI=1S/C27H33ClN8O.C2H6/c1-4-24(37)34-7-9-35(10-8-34)26-19-6-5-17(25-16(2)21(28)12-23-20(25)13-30-33-23)11-22(19)31-27(32-26)36-14-18(15-36)29-3;1-2/h4,12-13,17-18,29H,1,5-11,14-15H2,2-3H3,(H,30,33);1-2H3. The van der Waals surface area contributed by atoms with Crippen molar-refractivity contribution < 1.29 is 4.79 Å². The van der Waals surface area contributed by atoms with E-state index < -0.39 is 0 Å². The molecule has 6 rings (SSSR count). The van der Waals surface area contributed by atoms with E-state index in [9.17, 15) is 4.79 Å². The van der Waals surface area contributed by atoms with Gasteiger partial charge in [0.05, 0.1) is 17.4 Å². The fraction of sp³-hybridized carbons (Fsp3) is 0.517. The van der Waals surface area contributed by atoms with Gasteiger partial charge in [0.1, 0.15) is 5.82 Å². The van der Waals surface area contributed by atoms with Gasteiger partial charge in [-0.05, 0) is 62.4 Å². The molecule has 2 saturated heterocycles. The lowest BCUT2D eigenvalue weighted by molar-refractivity contribution is -0.126. The summed E-state index contributed by atoms with van der Waals surface area (Å²) in [4.78, 5) is 28.8. The van der Waals surface area contributed by atoms with E-state index in [0.29, 0.717) is 25.0 Å². The lowest BCUT2D eigenvalue weighted by Crippen LogP contribution is -2.58. The van der Waals surface area contributed by atoms with Crippen LogP contribution in [0.2, 0.25) is 5.02 Å². The molecule has 4 heterocycles. The van der Waals surface area contributed by atoms with Crippen molar-refractivity contribution in [1.82, 2.24) is 30.4 Å². The molecule has 2 fully saturated rings. The highest BCUT2D eigenvalue weighted by Gasteiger charge is 2.34. The van der Waals surface area contributed by atoms with Crippen LogP contribution >= 0.6 is 11.6 Å². The van der Waals surface area contributed by atoms with Crippen molar-refractivity contribution in [3.63, 3.8) is 0 Å². The number of aromatic nitrogens is 4. The van der Waals surface area contributed by atoms with Gasteiger partial charge < -0.3 is 20.0 Å². The maximum absolute atomic E-state index is 12.1. The second kappa shape index (κ2) is 11.5. The Morgan fingerprint density at radius 1 is 1.18 bits per heavy atom. The normalized spacial score (nSPS) is 19.3. The number of H-pyrrole nitrogens is 1. The van der Waals surface area contributed by atoms with Crippen molar-refractivity contribution in [2.45, 2.75) is 52.0 Å². The van der Waals surface area contributed by atoms with Gasteiger partial charge in [0, 0.05) is 61.3 Å². The van der Waals surface area contributed by atoms with Gasteiger partial charge in [0.25, 0.3) is 0 Å². The van der Waals surface area contributed by atoms with Crippen LogP contribution in [-0.2, 0) is 17.6 Å². The van der Waals surface area contributed by atoms with Crippen molar-refractivity contribution in [1.29, 1.82) is 0 Å². The molecule has 0 bridgehead atoms. The van der Waals surface area contributed by atoms with Gasteiger partial charge in [-0.3, -0.25) is 9.89 Å². The number of rotatable bonds is 5. The first-order valence-corrected chi connectivity index (χ1v) is 14.4. The molecule has 0 spiro atoms. The van der Waals surface area contributed by atoms with Gasteiger partial charge in [0.15, 0.2) is 0 Å². The molecule has 1 aromatic carbocycles. The summed E-state index contributed by atoms with van der Waals surface area (Å²) in [6.45, 7) is 14.4. The lowest BCUT2D eigenvalue weighted by Gasteiger charge is -2.41. The second-order valence-corrected chi connectivity index (χ2v) is 10.8. The first kappa shape index (κ1) is 27.4. The first-order valence-electron chi connectivity index (χ1n) is 14.1. The monoisotopic (exact) mass is 550 g/mol. The van der Waals surface area contributed by atoms with Gasteiger partial charge in [0.2, 0.25) is 11.9 Å². The number of likely N-dealkylation sites (N-methyl/N-ethyl adjacent to an activating group) is 1. The number of carbonyl (C=O) groups excluding carboxylic acids is 1. The summed E-state index contributed by atoms with van der Waals surface area (Å²) in [6.07, 6.45) is 6.08. The fourth-order valence-corrected chi connectivity index (χ4v) is 6.25. The van der Waals surface area contributed by atoms with E-state index in [1.54, 1.807) is 0 Å². The molecule has 39 heavy (non-hydrogen) atoms. The van der Waals surface area contributed by atoms with Crippen molar-refractivity contribution >= 4 is 40.2 Å². The van der Waals surface area contributed by atoms with E-state index in [2.05, 4.69) is 38.8 Å². The molecule has 1 aliphatic carbocycles. The van der Waals surface area contributed by atoms with Crippen LogP contribution < -0.4 is 15.1 Å². The SMILES string of the molecule is C=CC(=O)N1CCN(c2nc(N3CC(NC)C3)nc3c2CCC(c2c(C)c(Cl)cc4[nH]ncc24)C3)CC1.CC. The highest BCUT2D eigenvalue weighted by Crippen LogP contribution is 2.42. The van der Waals surface area contributed by atoms with Crippen LogP contribution in [0.3, 0.4) is 0 Å². The number of nitrogens with zero attached hydrogens (tertiary/aromatic N) is 6. The highest BCUT2D eigenvalue weighted by molar-refractivity contribution is 6.32. The quantitative estimate of drug-likeness (QED) is 0.466. The van der Waals surface area contributed by atoms with Gasteiger partial charge in [-0.2, -0.15) is 10.1 Å². The zero-order valence-electron chi connectivity index (χ0n) is 23.4. The van der Waals surface area contributed by atoms with Gasteiger partial charge in [-0.1, -0.05) is 32.0 Å². The number of anilines is 2. The molecule has 10 heteroatoms. The molecule has 0 saturated carbocycles. The van der Waals surface area contributed by atoms with E-state index in [-0.39, 0.29) is 5.91 Å². The van der Waals surface area contributed by atoms with E-state index in [0.717, 1.165) is 84.4 Å². The first-order chi connectivity index (χ1) is 19.0. The summed E-state index contributed by atoms with van der Waals surface area (Å²) in [5.41, 5.74) is 5.76. The van der Waals surface area contributed by atoms with Gasteiger partial charge in [-0.25, -0.2) is 4.98 Å².